The lowest BCUT2D eigenvalue weighted by molar-refractivity contribution is -0.126. The summed E-state index contributed by atoms with van der Waals surface area (Å²) in [7, 11) is -2.35. The van der Waals surface area contributed by atoms with E-state index in [4.69, 9.17) is 4.74 Å². The van der Waals surface area contributed by atoms with Gasteiger partial charge in [0.15, 0.2) is 0 Å². The Hall–Kier alpha value is -2.13. The van der Waals surface area contributed by atoms with Crippen molar-refractivity contribution < 1.29 is 22.7 Å². The van der Waals surface area contributed by atoms with E-state index < -0.39 is 15.9 Å². The zero-order valence-corrected chi connectivity index (χ0v) is 16.9. The molecule has 1 saturated heterocycles. The average molecular weight is 410 g/mol. The number of rotatable bonds is 5. The van der Waals surface area contributed by atoms with Crippen molar-refractivity contribution in [1.29, 1.82) is 0 Å². The molecule has 1 heterocycles. The Kier molecular flexibility index (Phi) is 6.56. The highest BCUT2D eigenvalue weighted by molar-refractivity contribution is 7.89. The number of hydrazine groups is 1. The molecule has 1 aromatic carbocycles. The molecule has 1 aliphatic heterocycles. The van der Waals surface area contributed by atoms with E-state index in [9.17, 15) is 18.0 Å². The SMILES string of the molecule is COc1ccc(C(=O)NNC(=O)C2CCCCC2)cc1S(=O)(=O)N1CCCC1. The number of nitrogens with zero attached hydrogens (tertiary/aromatic N) is 1. The number of hydrogen-bond donors (Lipinski definition) is 2. The Morgan fingerprint density at radius 3 is 2.36 bits per heavy atom. The Balaban J connectivity index is 1.73. The van der Waals surface area contributed by atoms with Crippen LogP contribution in [0.4, 0.5) is 0 Å². The molecule has 8 nitrogen and oxygen atoms in total. The molecule has 0 radical (unpaired) electrons. The van der Waals surface area contributed by atoms with Gasteiger partial charge in [-0.2, -0.15) is 4.31 Å². The van der Waals surface area contributed by atoms with Gasteiger partial charge in [0, 0.05) is 24.6 Å². The van der Waals surface area contributed by atoms with Crippen LogP contribution in [-0.4, -0.2) is 44.7 Å². The Morgan fingerprint density at radius 2 is 1.71 bits per heavy atom. The van der Waals surface area contributed by atoms with Gasteiger partial charge in [0.25, 0.3) is 5.91 Å². The third-order valence-electron chi connectivity index (χ3n) is 5.38. The molecule has 1 aliphatic carbocycles. The quantitative estimate of drug-likeness (QED) is 0.722. The normalized spacial score (nSPS) is 18.6. The van der Waals surface area contributed by atoms with Gasteiger partial charge in [-0.15, -0.1) is 0 Å². The third-order valence-corrected chi connectivity index (χ3v) is 7.30. The van der Waals surface area contributed by atoms with Crippen LogP contribution in [0.1, 0.15) is 55.3 Å². The number of carbonyl (C=O) groups excluding carboxylic acids is 2. The smallest absolute Gasteiger partial charge is 0.269 e. The zero-order chi connectivity index (χ0) is 20.1. The predicted molar refractivity (Wildman–Crippen MR) is 103 cm³/mol. The summed E-state index contributed by atoms with van der Waals surface area (Å²) in [5.41, 5.74) is 5.00. The predicted octanol–water partition coefficient (Wildman–Crippen LogP) is 1.82. The minimum absolute atomic E-state index is 0.0387. The first kappa shape index (κ1) is 20.6. The summed E-state index contributed by atoms with van der Waals surface area (Å²) in [5, 5.41) is 0. The van der Waals surface area contributed by atoms with Crippen molar-refractivity contribution in [3.8, 4) is 5.75 Å². The van der Waals surface area contributed by atoms with Crippen molar-refractivity contribution in [3.63, 3.8) is 0 Å². The highest BCUT2D eigenvalue weighted by Crippen LogP contribution is 2.30. The lowest BCUT2D eigenvalue weighted by atomic mass is 9.89. The summed E-state index contributed by atoms with van der Waals surface area (Å²) >= 11 is 0. The van der Waals surface area contributed by atoms with Gasteiger partial charge in [0.2, 0.25) is 15.9 Å². The Labute approximate surface area is 165 Å². The van der Waals surface area contributed by atoms with Crippen molar-refractivity contribution in [2.24, 2.45) is 5.92 Å². The van der Waals surface area contributed by atoms with E-state index in [1.54, 1.807) is 0 Å². The Bertz CT molecular complexity index is 828. The number of carbonyl (C=O) groups is 2. The van der Waals surface area contributed by atoms with Gasteiger partial charge in [-0.05, 0) is 43.9 Å². The maximum atomic E-state index is 12.9. The minimum atomic E-state index is -3.74. The summed E-state index contributed by atoms with van der Waals surface area (Å²) in [5.74, 6) is -0.665. The molecule has 2 fully saturated rings. The first-order valence-electron chi connectivity index (χ1n) is 9.72. The third kappa shape index (κ3) is 4.47. The van der Waals surface area contributed by atoms with Crippen molar-refractivity contribution in [3.05, 3.63) is 23.8 Å². The first-order valence-corrected chi connectivity index (χ1v) is 11.2. The number of sulfonamides is 1. The molecule has 28 heavy (non-hydrogen) atoms. The molecule has 3 rings (SSSR count). The van der Waals surface area contributed by atoms with Crippen LogP contribution in [0.5, 0.6) is 5.75 Å². The van der Waals surface area contributed by atoms with Crippen molar-refractivity contribution in [2.45, 2.75) is 49.8 Å². The summed E-state index contributed by atoms with van der Waals surface area (Å²) < 4.78 is 32.4. The van der Waals surface area contributed by atoms with Gasteiger partial charge in [0.1, 0.15) is 10.6 Å². The van der Waals surface area contributed by atoms with Crippen LogP contribution < -0.4 is 15.6 Å². The molecule has 2 N–H and O–H groups in total. The summed E-state index contributed by atoms with van der Waals surface area (Å²) in [6.45, 7) is 0.915. The summed E-state index contributed by atoms with van der Waals surface area (Å²) in [6.07, 6.45) is 6.44. The number of benzene rings is 1. The lowest BCUT2D eigenvalue weighted by Crippen LogP contribution is -2.45. The number of hydrogen-bond acceptors (Lipinski definition) is 5. The molecular weight excluding hydrogens is 382 g/mol. The number of nitrogens with one attached hydrogen (secondary N) is 2. The summed E-state index contributed by atoms with van der Waals surface area (Å²) in [4.78, 5) is 24.6. The fraction of sp³-hybridized carbons (Fsp3) is 0.579. The van der Waals surface area contributed by atoms with Gasteiger partial charge in [0.05, 0.1) is 7.11 Å². The topological polar surface area (TPSA) is 105 Å². The van der Waals surface area contributed by atoms with Crippen LogP contribution >= 0.6 is 0 Å². The van der Waals surface area contributed by atoms with Crippen molar-refractivity contribution >= 4 is 21.8 Å². The van der Waals surface area contributed by atoms with E-state index in [1.165, 1.54) is 29.6 Å². The molecule has 9 heteroatoms. The van der Waals surface area contributed by atoms with Crippen molar-refractivity contribution in [2.75, 3.05) is 20.2 Å². The van der Waals surface area contributed by atoms with Gasteiger partial charge in [-0.3, -0.25) is 20.4 Å². The highest BCUT2D eigenvalue weighted by atomic mass is 32.2. The van der Waals surface area contributed by atoms with Crippen LogP contribution in [0.15, 0.2) is 23.1 Å². The van der Waals surface area contributed by atoms with Crippen LogP contribution in [0.2, 0.25) is 0 Å². The number of methoxy groups -OCH3 is 1. The molecular formula is C19H27N3O5S. The molecule has 0 unspecified atom stereocenters. The van der Waals surface area contributed by atoms with E-state index in [0.29, 0.717) is 13.1 Å². The highest BCUT2D eigenvalue weighted by Gasteiger charge is 2.31. The van der Waals surface area contributed by atoms with Crippen molar-refractivity contribution in [1.82, 2.24) is 15.2 Å². The van der Waals surface area contributed by atoms with E-state index in [2.05, 4.69) is 10.9 Å². The fourth-order valence-electron chi connectivity index (χ4n) is 3.74. The maximum absolute atomic E-state index is 12.9. The molecule has 0 bridgehead atoms. The fourth-order valence-corrected chi connectivity index (χ4v) is 5.44. The summed E-state index contributed by atoms with van der Waals surface area (Å²) in [6, 6.07) is 4.24. The maximum Gasteiger partial charge on any atom is 0.269 e. The average Bonchev–Trinajstić information content (AvgIpc) is 3.27. The number of ether oxygens (including phenoxy) is 1. The molecule has 1 aromatic rings. The molecule has 0 spiro atoms. The van der Waals surface area contributed by atoms with Crippen LogP contribution in [0.25, 0.3) is 0 Å². The zero-order valence-electron chi connectivity index (χ0n) is 16.1. The molecule has 2 aliphatic rings. The van der Waals surface area contributed by atoms with E-state index in [1.807, 2.05) is 0 Å². The number of amides is 2. The van der Waals surface area contributed by atoms with Gasteiger partial charge in [-0.25, -0.2) is 8.42 Å². The Morgan fingerprint density at radius 1 is 1.04 bits per heavy atom. The standard InChI is InChI=1S/C19H27N3O5S/c1-27-16-10-9-15(13-17(16)28(25,26)22-11-5-6-12-22)19(24)21-20-18(23)14-7-3-2-4-8-14/h9-10,13-14H,2-8,11-12H2,1H3,(H,20,23)(H,21,24). The molecule has 2 amide bonds. The van der Waals surface area contributed by atoms with E-state index >= 15 is 0 Å². The molecule has 1 saturated carbocycles. The molecule has 0 aromatic heterocycles. The second-order valence-corrected chi connectivity index (χ2v) is 9.16. The first-order chi connectivity index (χ1) is 13.4. The van der Waals surface area contributed by atoms with Gasteiger partial charge in [-0.1, -0.05) is 19.3 Å². The van der Waals surface area contributed by atoms with E-state index in [-0.39, 0.29) is 28.0 Å². The second kappa shape index (κ2) is 8.91. The molecule has 0 atom stereocenters. The van der Waals surface area contributed by atoms with Gasteiger partial charge >= 0.3 is 0 Å². The van der Waals surface area contributed by atoms with E-state index in [0.717, 1.165) is 44.9 Å². The van der Waals surface area contributed by atoms with Gasteiger partial charge < -0.3 is 4.74 Å². The lowest BCUT2D eigenvalue weighted by Gasteiger charge is -2.21. The van der Waals surface area contributed by atoms with Crippen LogP contribution in [-0.2, 0) is 14.8 Å². The largest absolute Gasteiger partial charge is 0.495 e. The second-order valence-electron chi connectivity index (χ2n) is 7.26. The minimum Gasteiger partial charge on any atom is -0.495 e. The van der Waals surface area contributed by atoms with Crippen LogP contribution in [0.3, 0.4) is 0 Å². The molecule has 154 valence electrons. The monoisotopic (exact) mass is 409 g/mol. The van der Waals surface area contributed by atoms with Crippen LogP contribution in [0, 0.1) is 5.92 Å².